The zero-order valence-electron chi connectivity index (χ0n) is 10.8. The Hall–Kier alpha value is -1.31. The molecule has 0 aliphatic rings. The average molecular weight is 293 g/mol. The van der Waals surface area contributed by atoms with Gasteiger partial charge in [-0.2, -0.15) is 0 Å². The third-order valence-electron chi connectivity index (χ3n) is 3.18. The Morgan fingerprint density at radius 1 is 1.05 bits per heavy atom. The molecule has 0 saturated heterocycles. The summed E-state index contributed by atoms with van der Waals surface area (Å²) in [5.41, 5.74) is 5.21. The molecule has 2 aromatic carbocycles. The predicted molar refractivity (Wildman–Crippen MR) is 80.9 cm³/mol. The highest BCUT2D eigenvalue weighted by molar-refractivity contribution is 6.63. The Morgan fingerprint density at radius 2 is 1.74 bits per heavy atom. The van der Waals surface area contributed by atoms with Gasteiger partial charge < -0.3 is 0 Å². The topological polar surface area (TPSA) is 17.1 Å². The summed E-state index contributed by atoms with van der Waals surface area (Å²) in [5.74, 6) is 0. The first-order valence-corrected chi connectivity index (χ1v) is 6.78. The summed E-state index contributed by atoms with van der Waals surface area (Å²) in [4.78, 5) is 11.0. The van der Waals surface area contributed by atoms with E-state index >= 15 is 0 Å². The first-order valence-electron chi connectivity index (χ1n) is 6.02. The zero-order chi connectivity index (χ0) is 14.0. The molecule has 0 aliphatic carbocycles. The number of aryl methyl sites for hydroxylation is 2. The van der Waals surface area contributed by atoms with Crippen molar-refractivity contribution in [3.8, 4) is 11.1 Å². The first-order chi connectivity index (χ1) is 8.99. The molecule has 0 saturated carbocycles. The van der Waals surface area contributed by atoms with Crippen molar-refractivity contribution >= 4 is 28.4 Å². The lowest BCUT2D eigenvalue weighted by atomic mass is 9.94. The molecular weight excluding hydrogens is 279 g/mol. The highest BCUT2D eigenvalue weighted by atomic mass is 35.5. The monoisotopic (exact) mass is 292 g/mol. The number of benzene rings is 2. The molecule has 0 bridgehead atoms. The summed E-state index contributed by atoms with van der Waals surface area (Å²) in [6.07, 6.45) is 0.261. The number of carbonyl (C=O) groups excluding carboxylic acids is 1. The van der Waals surface area contributed by atoms with Crippen LogP contribution in [0.1, 0.15) is 16.7 Å². The smallest absolute Gasteiger partial charge is 0.226 e. The van der Waals surface area contributed by atoms with Crippen LogP contribution in [0.3, 0.4) is 0 Å². The molecule has 0 N–H and O–H groups in total. The van der Waals surface area contributed by atoms with Crippen LogP contribution in [0.25, 0.3) is 11.1 Å². The van der Waals surface area contributed by atoms with Crippen LogP contribution in [0.2, 0.25) is 5.02 Å². The highest BCUT2D eigenvalue weighted by Crippen LogP contribution is 2.32. The lowest BCUT2D eigenvalue weighted by molar-refractivity contribution is -0.111. The van der Waals surface area contributed by atoms with Gasteiger partial charge in [0.25, 0.3) is 0 Å². The molecule has 19 heavy (non-hydrogen) atoms. The van der Waals surface area contributed by atoms with Crippen LogP contribution >= 0.6 is 23.2 Å². The summed E-state index contributed by atoms with van der Waals surface area (Å²) in [6, 6.07) is 11.8. The maximum Gasteiger partial charge on any atom is 0.226 e. The van der Waals surface area contributed by atoms with Crippen molar-refractivity contribution in [1.29, 1.82) is 0 Å². The maximum atomic E-state index is 11.0. The second-order valence-corrected chi connectivity index (χ2v) is 5.43. The van der Waals surface area contributed by atoms with Crippen molar-refractivity contribution in [3.05, 3.63) is 58.1 Å². The van der Waals surface area contributed by atoms with E-state index in [1.165, 1.54) is 0 Å². The van der Waals surface area contributed by atoms with Crippen molar-refractivity contribution < 1.29 is 4.79 Å². The zero-order valence-corrected chi connectivity index (χ0v) is 12.3. The standard InChI is InChI=1S/C16H14Cl2O/c1-10-8-14(13-5-3-4-6-15(13)17)11(2)7-12(10)9-16(18)19/h3-8H,9H2,1-2H3. The number of hydrogen-bond donors (Lipinski definition) is 0. The fourth-order valence-electron chi connectivity index (χ4n) is 2.19. The van der Waals surface area contributed by atoms with Gasteiger partial charge in [0.05, 0.1) is 0 Å². The fraction of sp³-hybridized carbons (Fsp3) is 0.188. The van der Waals surface area contributed by atoms with Crippen LogP contribution in [0, 0.1) is 13.8 Å². The quantitative estimate of drug-likeness (QED) is 0.733. The minimum atomic E-state index is -0.340. The fourth-order valence-corrected chi connectivity index (χ4v) is 2.57. The largest absolute Gasteiger partial charge is 0.281 e. The number of hydrogen-bond acceptors (Lipinski definition) is 1. The Labute approximate surface area is 123 Å². The molecule has 1 nitrogen and oxygen atoms in total. The second kappa shape index (κ2) is 5.77. The van der Waals surface area contributed by atoms with Gasteiger partial charge in [-0.25, -0.2) is 0 Å². The van der Waals surface area contributed by atoms with Crippen molar-refractivity contribution in [3.63, 3.8) is 0 Å². The first kappa shape index (κ1) is 14.1. The van der Waals surface area contributed by atoms with E-state index in [1.807, 2.05) is 44.2 Å². The van der Waals surface area contributed by atoms with Gasteiger partial charge in [0.2, 0.25) is 5.24 Å². The number of rotatable bonds is 3. The Bertz CT molecular complexity index is 633. The predicted octanol–water partition coefficient (Wildman–Crippen LogP) is 4.93. The van der Waals surface area contributed by atoms with Gasteiger partial charge in [-0.15, -0.1) is 0 Å². The minimum absolute atomic E-state index is 0.261. The molecule has 0 unspecified atom stereocenters. The van der Waals surface area contributed by atoms with Crippen LogP contribution in [0.15, 0.2) is 36.4 Å². The van der Waals surface area contributed by atoms with E-state index in [4.69, 9.17) is 23.2 Å². The molecule has 0 heterocycles. The Balaban J connectivity index is 2.52. The highest BCUT2D eigenvalue weighted by Gasteiger charge is 2.10. The van der Waals surface area contributed by atoms with Crippen LogP contribution < -0.4 is 0 Å². The minimum Gasteiger partial charge on any atom is -0.281 e. The lowest BCUT2D eigenvalue weighted by Gasteiger charge is -2.12. The third-order valence-corrected chi connectivity index (χ3v) is 3.64. The number of halogens is 2. The van der Waals surface area contributed by atoms with E-state index in [0.29, 0.717) is 0 Å². The third kappa shape index (κ3) is 3.17. The van der Waals surface area contributed by atoms with Crippen molar-refractivity contribution in [2.75, 3.05) is 0 Å². The molecule has 98 valence electrons. The van der Waals surface area contributed by atoms with E-state index in [9.17, 15) is 4.79 Å². The Morgan fingerprint density at radius 3 is 2.37 bits per heavy atom. The molecule has 0 aromatic heterocycles. The van der Waals surface area contributed by atoms with Gasteiger partial charge in [0.15, 0.2) is 0 Å². The van der Waals surface area contributed by atoms with E-state index < -0.39 is 0 Å². The van der Waals surface area contributed by atoms with E-state index in [-0.39, 0.29) is 11.7 Å². The molecule has 0 radical (unpaired) electrons. The molecule has 0 fully saturated rings. The SMILES string of the molecule is Cc1cc(-c2ccccc2Cl)c(C)cc1CC(=O)Cl. The molecular formula is C16H14Cl2O. The Kier molecular flexibility index (Phi) is 4.28. The summed E-state index contributed by atoms with van der Waals surface area (Å²) in [6.45, 7) is 4.00. The number of carbonyl (C=O) groups is 1. The second-order valence-electron chi connectivity index (χ2n) is 4.61. The van der Waals surface area contributed by atoms with Crippen LogP contribution in [-0.4, -0.2) is 5.24 Å². The molecule has 3 heteroatoms. The summed E-state index contributed by atoms with van der Waals surface area (Å²) in [5, 5.41) is 0.388. The van der Waals surface area contributed by atoms with Crippen LogP contribution in [-0.2, 0) is 11.2 Å². The summed E-state index contributed by atoms with van der Waals surface area (Å²) in [7, 11) is 0. The lowest BCUT2D eigenvalue weighted by Crippen LogP contribution is -1.98. The normalized spacial score (nSPS) is 10.5. The van der Waals surface area contributed by atoms with Crippen LogP contribution in [0.5, 0.6) is 0 Å². The van der Waals surface area contributed by atoms with E-state index in [1.54, 1.807) is 0 Å². The van der Waals surface area contributed by atoms with Crippen molar-refractivity contribution in [2.24, 2.45) is 0 Å². The molecule has 2 rings (SSSR count). The van der Waals surface area contributed by atoms with Gasteiger partial charge in [0.1, 0.15) is 0 Å². The van der Waals surface area contributed by atoms with Gasteiger partial charge in [-0.05, 0) is 53.8 Å². The molecule has 0 atom stereocenters. The summed E-state index contributed by atoms with van der Waals surface area (Å²) < 4.78 is 0. The molecule has 0 aliphatic heterocycles. The molecule has 2 aromatic rings. The molecule has 0 spiro atoms. The van der Waals surface area contributed by atoms with E-state index in [0.717, 1.165) is 32.8 Å². The van der Waals surface area contributed by atoms with Crippen molar-refractivity contribution in [1.82, 2.24) is 0 Å². The van der Waals surface area contributed by atoms with Gasteiger partial charge >= 0.3 is 0 Å². The van der Waals surface area contributed by atoms with E-state index in [2.05, 4.69) is 6.07 Å². The molecule has 0 amide bonds. The van der Waals surface area contributed by atoms with Crippen molar-refractivity contribution in [2.45, 2.75) is 20.3 Å². The van der Waals surface area contributed by atoms with Gasteiger partial charge in [0, 0.05) is 17.0 Å². The van der Waals surface area contributed by atoms with Crippen LogP contribution in [0.4, 0.5) is 0 Å². The van der Waals surface area contributed by atoms with Gasteiger partial charge in [-0.3, -0.25) is 4.79 Å². The maximum absolute atomic E-state index is 11.0. The summed E-state index contributed by atoms with van der Waals surface area (Å²) >= 11 is 11.7. The van der Waals surface area contributed by atoms with Gasteiger partial charge in [-0.1, -0.05) is 41.9 Å². The average Bonchev–Trinajstić information content (AvgIpc) is 2.34.